The quantitative estimate of drug-likeness (QED) is 0.509. The van der Waals surface area contributed by atoms with Gasteiger partial charge in [0.05, 0.1) is 13.2 Å². The maximum absolute atomic E-state index is 12.1. The van der Waals surface area contributed by atoms with Gasteiger partial charge in [-0.05, 0) is 26.7 Å². The second-order valence-electron chi connectivity index (χ2n) is 3.84. The van der Waals surface area contributed by atoms with E-state index in [9.17, 15) is 14.4 Å². The molecule has 1 atom stereocenters. The first-order valence-corrected chi connectivity index (χ1v) is 6.10. The van der Waals surface area contributed by atoms with E-state index >= 15 is 0 Å². The minimum Gasteiger partial charge on any atom is -0.465 e. The molecule has 1 rings (SSSR count). The Labute approximate surface area is 106 Å². The van der Waals surface area contributed by atoms with Gasteiger partial charge in [-0.1, -0.05) is 0 Å². The van der Waals surface area contributed by atoms with E-state index in [1.807, 2.05) is 0 Å². The molecule has 0 spiro atoms. The zero-order valence-electron chi connectivity index (χ0n) is 10.6. The molecule has 0 aromatic rings. The smallest absolute Gasteiger partial charge is 0.328 e. The number of carbonyl (C=O) groups excluding carboxylic acids is 3. The molecule has 0 bridgehead atoms. The molecule has 0 unspecified atom stereocenters. The minimum absolute atomic E-state index is 0.105. The third-order valence-corrected chi connectivity index (χ3v) is 2.58. The average Bonchev–Trinajstić information content (AvgIpc) is 2.83. The number of ketones is 1. The van der Waals surface area contributed by atoms with Crippen LogP contribution in [0.2, 0.25) is 0 Å². The van der Waals surface area contributed by atoms with E-state index in [-0.39, 0.29) is 13.2 Å². The average molecular weight is 258 g/mol. The Kier molecular flexibility index (Phi) is 5.77. The molecule has 0 aromatic carbocycles. The molecule has 102 valence electrons. The first-order chi connectivity index (χ1) is 8.61. The van der Waals surface area contributed by atoms with Gasteiger partial charge < -0.3 is 14.2 Å². The number of hydrogen-bond acceptors (Lipinski definition) is 6. The third-order valence-electron chi connectivity index (χ3n) is 2.58. The van der Waals surface area contributed by atoms with Crippen LogP contribution in [0.4, 0.5) is 0 Å². The Bertz CT molecular complexity index is 301. The molecular formula is C12H18O6. The second-order valence-corrected chi connectivity index (χ2v) is 3.84. The highest BCUT2D eigenvalue weighted by Crippen LogP contribution is 2.19. The van der Waals surface area contributed by atoms with Gasteiger partial charge in [-0.3, -0.25) is 14.4 Å². The normalized spacial score (nSPS) is 18.7. The number of carbonyl (C=O) groups is 3. The van der Waals surface area contributed by atoms with Gasteiger partial charge >= 0.3 is 11.9 Å². The van der Waals surface area contributed by atoms with Crippen molar-refractivity contribution in [2.75, 3.05) is 19.8 Å². The van der Waals surface area contributed by atoms with Crippen LogP contribution in [0, 0.1) is 5.92 Å². The summed E-state index contributed by atoms with van der Waals surface area (Å²) < 4.78 is 14.7. The minimum atomic E-state index is -1.52. The number of hydrogen-bond donors (Lipinski definition) is 0. The third kappa shape index (κ3) is 3.53. The molecule has 0 N–H and O–H groups in total. The lowest BCUT2D eigenvalue weighted by Crippen LogP contribution is -2.40. The zero-order chi connectivity index (χ0) is 13.5. The molecule has 0 aliphatic carbocycles. The van der Waals surface area contributed by atoms with Crippen LogP contribution >= 0.6 is 0 Å². The van der Waals surface area contributed by atoms with Crippen molar-refractivity contribution in [3.8, 4) is 0 Å². The van der Waals surface area contributed by atoms with Gasteiger partial charge in [-0.15, -0.1) is 0 Å². The summed E-state index contributed by atoms with van der Waals surface area (Å²) in [7, 11) is 0. The monoisotopic (exact) mass is 258 g/mol. The van der Waals surface area contributed by atoms with Crippen molar-refractivity contribution in [1.29, 1.82) is 0 Å². The summed E-state index contributed by atoms with van der Waals surface area (Å²) in [6, 6.07) is 0. The Morgan fingerprint density at radius 3 is 2.11 bits per heavy atom. The summed E-state index contributed by atoms with van der Waals surface area (Å²) in [6.45, 7) is 3.89. The highest BCUT2D eigenvalue weighted by atomic mass is 16.6. The summed E-state index contributed by atoms with van der Waals surface area (Å²) in [4.78, 5) is 35.4. The van der Waals surface area contributed by atoms with Crippen LogP contribution in [-0.4, -0.2) is 43.6 Å². The lowest BCUT2D eigenvalue weighted by molar-refractivity contribution is -0.166. The summed E-state index contributed by atoms with van der Waals surface area (Å²) in [5.41, 5.74) is 0. The van der Waals surface area contributed by atoms with E-state index in [0.717, 1.165) is 6.42 Å². The fourth-order valence-electron chi connectivity index (χ4n) is 1.77. The molecule has 0 radical (unpaired) electrons. The van der Waals surface area contributed by atoms with E-state index in [1.54, 1.807) is 13.8 Å². The van der Waals surface area contributed by atoms with E-state index in [4.69, 9.17) is 14.2 Å². The largest absolute Gasteiger partial charge is 0.465 e. The second kappa shape index (κ2) is 7.10. The lowest BCUT2D eigenvalue weighted by atomic mass is 9.98. The van der Waals surface area contributed by atoms with Crippen LogP contribution in [-0.2, 0) is 28.6 Å². The van der Waals surface area contributed by atoms with Crippen molar-refractivity contribution in [3.05, 3.63) is 0 Å². The topological polar surface area (TPSA) is 78.9 Å². The maximum atomic E-state index is 12.1. The summed E-state index contributed by atoms with van der Waals surface area (Å²) in [6.07, 6.45) is 0.562. The fourth-order valence-corrected chi connectivity index (χ4v) is 1.77. The molecule has 1 aliphatic heterocycles. The fraction of sp³-hybridized carbons (Fsp3) is 0.750. The zero-order valence-corrected chi connectivity index (χ0v) is 10.6. The number of esters is 2. The van der Waals surface area contributed by atoms with Crippen LogP contribution in [0.5, 0.6) is 0 Å². The van der Waals surface area contributed by atoms with Gasteiger partial charge in [0, 0.05) is 6.61 Å². The van der Waals surface area contributed by atoms with Crippen molar-refractivity contribution in [1.82, 2.24) is 0 Å². The molecule has 6 nitrogen and oxygen atoms in total. The lowest BCUT2D eigenvalue weighted by Gasteiger charge is -2.16. The molecule has 0 saturated carbocycles. The van der Waals surface area contributed by atoms with Crippen LogP contribution in [0.25, 0.3) is 0 Å². The Hall–Kier alpha value is -1.43. The highest BCUT2D eigenvalue weighted by Gasteiger charge is 2.41. The SMILES string of the molecule is CCOC(=O)C(C(=O)OCC)C(=O)[C@@H]1CCCO1. The standard InChI is InChI=1S/C12H18O6/c1-3-16-11(14)9(12(15)17-4-2)10(13)8-6-5-7-18-8/h8-9H,3-7H2,1-2H3/t8-/m0/s1. The van der Waals surface area contributed by atoms with Crippen LogP contribution < -0.4 is 0 Å². The van der Waals surface area contributed by atoms with Crippen molar-refractivity contribution in [2.24, 2.45) is 5.92 Å². The van der Waals surface area contributed by atoms with Gasteiger partial charge in [0.25, 0.3) is 0 Å². The van der Waals surface area contributed by atoms with E-state index < -0.39 is 29.7 Å². The van der Waals surface area contributed by atoms with Crippen LogP contribution in [0.3, 0.4) is 0 Å². The summed E-state index contributed by atoms with van der Waals surface area (Å²) >= 11 is 0. The van der Waals surface area contributed by atoms with Crippen LogP contribution in [0.15, 0.2) is 0 Å². The predicted octanol–water partition coefficient (Wildman–Crippen LogP) is 0.477. The van der Waals surface area contributed by atoms with Crippen LogP contribution in [0.1, 0.15) is 26.7 Å². The number of rotatable bonds is 6. The maximum Gasteiger partial charge on any atom is 0.328 e. The molecule has 1 fully saturated rings. The molecule has 1 aliphatic rings. The van der Waals surface area contributed by atoms with Crippen molar-refractivity contribution >= 4 is 17.7 Å². The van der Waals surface area contributed by atoms with E-state index in [2.05, 4.69) is 0 Å². The highest BCUT2D eigenvalue weighted by molar-refractivity contribution is 6.16. The molecule has 0 aromatic heterocycles. The van der Waals surface area contributed by atoms with Crippen molar-refractivity contribution in [3.63, 3.8) is 0 Å². The van der Waals surface area contributed by atoms with Gasteiger partial charge in [-0.2, -0.15) is 0 Å². The van der Waals surface area contributed by atoms with Crippen molar-refractivity contribution < 1.29 is 28.6 Å². The van der Waals surface area contributed by atoms with Gasteiger partial charge in [0.2, 0.25) is 5.92 Å². The molecule has 6 heteroatoms. The summed E-state index contributed by atoms with van der Waals surface area (Å²) in [5.74, 6) is -3.81. The molecule has 18 heavy (non-hydrogen) atoms. The van der Waals surface area contributed by atoms with E-state index in [0.29, 0.717) is 13.0 Å². The van der Waals surface area contributed by atoms with Gasteiger partial charge in [0.1, 0.15) is 6.10 Å². The van der Waals surface area contributed by atoms with Gasteiger partial charge in [-0.25, -0.2) is 0 Å². The molecule has 0 amide bonds. The van der Waals surface area contributed by atoms with E-state index in [1.165, 1.54) is 0 Å². The molecule has 1 heterocycles. The summed E-state index contributed by atoms with van der Waals surface area (Å²) in [5, 5.41) is 0. The van der Waals surface area contributed by atoms with Crippen molar-refractivity contribution in [2.45, 2.75) is 32.8 Å². The molecule has 1 saturated heterocycles. The Morgan fingerprint density at radius 2 is 1.72 bits per heavy atom. The first-order valence-electron chi connectivity index (χ1n) is 6.10. The molecular weight excluding hydrogens is 240 g/mol. The first kappa shape index (κ1) is 14.6. The number of Topliss-reactive ketones (excluding diaryl/α,β-unsaturated/α-hetero) is 1. The van der Waals surface area contributed by atoms with Gasteiger partial charge in [0.15, 0.2) is 5.78 Å². The Balaban J connectivity index is 2.78. The number of ether oxygens (including phenoxy) is 3. The Morgan fingerprint density at radius 1 is 1.17 bits per heavy atom. The predicted molar refractivity (Wildman–Crippen MR) is 60.7 cm³/mol.